The number of nitrogens with zero attached hydrogens (tertiary/aromatic N) is 2. The first-order valence-corrected chi connectivity index (χ1v) is 12.6. The van der Waals surface area contributed by atoms with Gasteiger partial charge in [0.1, 0.15) is 23.1 Å². The molecule has 1 N–H and O–H groups in total. The Bertz CT molecular complexity index is 951. The van der Waals surface area contributed by atoms with E-state index in [0.717, 1.165) is 52.6 Å². The SMILES string of the molecule is CCCN(CCC)CCOc1cccc(NC(=O)c2csc(-c3sccc3Br)n2)c1. The van der Waals surface area contributed by atoms with Crippen molar-refractivity contribution in [3.63, 3.8) is 0 Å². The van der Waals surface area contributed by atoms with Crippen LogP contribution >= 0.6 is 38.6 Å². The second-order valence-corrected chi connectivity index (χ2v) is 9.44. The molecule has 3 rings (SSSR count). The van der Waals surface area contributed by atoms with E-state index in [4.69, 9.17) is 4.74 Å². The van der Waals surface area contributed by atoms with Gasteiger partial charge in [-0.15, -0.1) is 22.7 Å². The Kier molecular flexibility index (Phi) is 8.87. The van der Waals surface area contributed by atoms with Crippen molar-refractivity contribution < 1.29 is 9.53 Å². The predicted molar refractivity (Wildman–Crippen MR) is 130 cm³/mol. The van der Waals surface area contributed by atoms with Crippen LogP contribution in [-0.2, 0) is 0 Å². The van der Waals surface area contributed by atoms with E-state index in [2.05, 4.69) is 45.0 Å². The van der Waals surface area contributed by atoms with Crippen LogP contribution in [0.5, 0.6) is 5.75 Å². The fourth-order valence-electron chi connectivity index (χ4n) is 3.05. The number of ether oxygens (including phenoxy) is 1. The molecule has 0 unspecified atom stereocenters. The summed E-state index contributed by atoms with van der Waals surface area (Å²) in [5, 5.41) is 7.53. The summed E-state index contributed by atoms with van der Waals surface area (Å²) < 4.78 is 6.91. The number of thiazole rings is 1. The number of hydrogen-bond donors (Lipinski definition) is 1. The van der Waals surface area contributed by atoms with Gasteiger partial charge in [-0.2, -0.15) is 0 Å². The smallest absolute Gasteiger partial charge is 0.275 e. The summed E-state index contributed by atoms with van der Waals surface area (Å²) >= 11 is 6.58. The third-order valence-electron chi connectivity index (χ3n) is 4.40. The zero-order valence-electron chi connectivity index (χ0n) is 17.2. The molecule has 1 aromatic carbocycles. The monoisotopic (exact) mass is 507 g/mol. The maximum Gasteiger partial charge on any atom is 0.275 e. The van der Waals surface area contributed by atoms with Crippen LogP contribution in [0.25, 0.3) is 9.88 Å². The largest absolute Gasteiger partial charge is 0.492 e. The molecule has 0 aliphatic heterocycles. The maximum absolute atomic E-state index is 12.6. The molecule has 8 heteroatoms. The molecule has 0 bridgehead atoms. The van der Waals surface area contributed by atoms with Crippen LogP contribution in [0.3, 0.4) is 0 Å². The molecular weight excluding hydrogens is 482 g/mol. The molecule has 160 valence electrons. The lowest BCUT2D eigenvalue weighted by molar-refractivity contribution is 0.102. The number of thiophene rings is 1. The second kappa shape index (κ2) is 11.6. The minimum absolute atomic E-state index is 0.223. The van der Waals surface area contributed by atoms with E-state index in [1.807, 2.05) is 35.7 Å². The van der Waals surface area contributed by atoms with Gasteiger partial charge in [0.05, 0.1) is 4.88 Å². The number of benzene rings is 1. The van der Waals surface area contributed by atoms with Crippen molar-refractivity contribution in [2.24, 2.45) is 0 Å². The van der Waals surface area contributed by atoms with E-state index in [9.17, 15) is 4.79 Å². The number of amides is 1. The van der Waals surface area contributed by atoms with Crippen molar-refractivity contribution in [3.05, 3.63) is 51.3 Å². The van der Waals surface area contributed by atoms with Crippen LogP contribution in [0, 0.1) is 0 Å². The Labute approximate surface area is 194 Å². The van der Waals surface area contributed by atoms with Gasteiger partial charge in [-0.1, -0.05) is 19.9 Å². The summed E-state index contributed by atoms with van der Waals surface area (Å²) in [7, 11) is 0. The zero-order valence-corrected chi connectivity index (χ0v) is 20.4. The summed E-state index contributed by atoms with van der Waals surface area (Å²) in [6.45, 7) is 8.09. The molecule has 0 aliphatic carbocycles. The van der Waals surface area contributed by atoms with Gasteiger partial charge in [0.2, 0.25) is 0 Å². The minimum Gasteiger partial charge on any atom is -0.492 e. The lowest BCUT2D eigenvalue weighted by atomic mass is 10.3. The average molecular weight is 509 g/mol. The van der Waals surface area contributed by atoms with E-state index >= 15 is 0 Å². The Balaban J connectivity index is 1.56. The number of carbonyl (C=O) groups excluding carboxylic acids is 1. The Morgan fingerprint density at radius 2 is 1.97 bits per heavy atom. The normalized spacial score (nSPS) is 11.1. The Hall–Kier alpha value is -1.74. The summed E-state index contributed by atoms with van der Waals surface area (Å²) in [6, 6.07) is 9.49. The first-order valence-electron chi connectivity index (χ1n) is 10.1. The summed E-state index contributed by atoms with van der Waals surface area (Å²) in [6.07, 6.45) is 2.28. The van der Waals surface area contributed by atoms with E-state index in [-0.39, 0.29) is 5.91 Å². The fourth-order valence-corrected chi connectivity index (χ4v) is 5.66. The number of aromatic nitrogens is 1. The first kappa shape index (κ1) is 22.9. The molecule has 0 atom stereocenters. The van der Waals surface area contributed by atoms with Crippen molar-refractivity contribution in [2.45, 2.75) is 26.7 Å². The highest BCUT2D eigenvalue weighted by Gasteiger charge is 2.15. The predicted octanol–water partition coefficient (Wildman–Crippen LogP) is 6.39. The molecule has 0 radical (unpaired) electrons. The molecular formula is C22H26BrN3O2S2. The van der Waals surface area contributed by atoms with Crippen LogP contribution in [0.2, 0.25) is 0 Å². The molecule has 0 spiro atoms. The average Bonchev–Trinajstić information content (AvgIpc) is 3.37. The first-order chi connectivity index (χ1) is 14.6. The summed E-state index contributed by atoms with van der Waals surface area (Å²) in [4.78, 5) is 20.6. The number of halogens is 1. The van der Waals surface area contributed by atoms with Crippen molar-refractivity contribution in [1.82, 2.24) is 9.88 Å². The van der Waals surface area contributed by atoms with Crippen molar-refractivity contribution in [2.75, 3.05) is 31.6 Å². The molecule has 1 amide bonds. The quantitative estimate of drug-likeness (QED) is 0.326. The molecule has 0 saturated carbocycles. The van der Waals surface area contributed by atoms with Crippen molar-refractivity contribution in [1.29, 1.82) is 0 Å². The number of carbonyl (C=O) groups is 1. The highest BCUT2D eigenvalue weighted by molar-refractivity contribution is 9.10. The third kappa shape index (κ3) is 6.38. The number of nitrogens with one attached hydrogen (secondary N) is 1. The lowest BCUT2D eigenvalue weighted by Gasteiger charge is -2.21. The third-order valence-corrected chi connectivity index (χ3v) is 7.23. The Morgan fingerprint density at radius 1 is 1.17 bits per heavy atom. The number of hydrogen-bond acceptors (Lipinski definition) is 6. The molecule has 3 aromatic rings. The minimum atomic E-state index is -0.223. The topological polar surface area (TPSA) is 54.5 Å². The van der Waals surface area contributed by atoms with Crippen molar-refractivity contribution in [3.8, 4) is 15.6 Å². The van der Waals surface area contributed by atoms with E-state index < -0.39 is 0 Å². The van der Waals surface area contributed by atoms with Crippen molar-refractivity contribution >= 4 is 50.2 Å². The van der Waals surface area contributed by atoms with Gasteiger partial charge < -0.3 is 10.1 Å². The van der Waals surface area contributed by atoms with E-state index in [1.165, 1.54) is 11.3 Å². The van der Waals surface area contributed by atoms with Gasteiger partial charge in [-0.25, -0.2) is 4.98 Å². The van der Waals surface area contributed by atoms with Gasteiger partial charge in [0, 0.05) is 28.2 Å². The second-order valence-electron chi connectivity index (χ2n) is 6.81. The Morgan fingerprint density at radius 3 is 2.67 bits per heavy atom. The van der Waals surface area contributed by atoms with Gasteiger partial charge in [0.25, 0.3) is 5.91 Å². The highest BCUT2D eigenvalue weighted by Crippen LogP contribution is 2.35. The molecule has 0 aliphatic rings. The lowest BCUT2D eigenvalue weighted by Crippen LogP contribution is -2.30. The van der Waals surface area contributed by atoms with Crippen LogP contribution in [0.15, 0.2) is 45.6 Å². The standard InChI is InChI=1S/C22H26BrN3O2S2/c1-3-9-26(10-4-2)11-12-28-17-7-5-6-16(14-17)24-21(27)19-15-30-22(25-19)20-18(23)8-13-29-20/h5-8,13-15H,3-4,9-12H2,1-2H3,(H,24,27). The van der Waals surface area contributed by atoms with Crippen LogP contribution < -0.4 is 10.1 Å². The van der Waals surface area contributed by atoms with E-state index in [0.29, 0.717) is 18.0 Å². The molecule has 5 nitrogen and oxygen atoms in total. The number of anilines is 1. The number of rotatable bonds is 11. The highest BCUT2D eigenvalue weighted by atomic mass is 79.9. The zero-order chi connectivity index (χ0) is 21.3. The maximum atomic E-state index is 12.6. The van der Waals surface area contributed by atoms with Gasteiger partial charge in [-0.05, 0) is 65.4 Å². The molecule has 2 aromatic heterocycles. The van der Waals surface area contributed by atoms with Crippen LogP contribution in [0.4, 0.5) is 5.69 Å². The van der Waals surface area contributed by atoms with E-state index in [1.54, 1.807) is 16.7 Å². The van der Waals surface area contributed by atoms with Crippen LogP contribution in [0.1, 0.15) is 37.2 Å². The fraction of sp³-hybridized carbons (Fsp3) is 0.364. The van der Waals surface area contributed by atoms with Gasteiger partial charge >= 0.3 is 0 Å². The van der Waals surface area contributed by atoms with Gasteiger partial charge in [0.15, 0.2) is 0 Å². The summed E-state index contributed by atoms with van der Waals surface area (Å²) in [5.74, 6) is 0.529. The van der Waals surface area contributed by atoms with Crippen LogP contribution in [-0.4, -0.2) is 42.0 Å². The molecule has 0 saturated heterocycles. The molecule has 30 heavy (non-hydrogen) atoms. The summed E-state index contributed by atoms with van der Waals surface area (Å²) in [5.41, 5.74) is 1.11. The molecule has 2 heterocycles. The molecule has 0 fully saturated rings. The van der Waals surface area contributed by atoms with Gasteiger partial charge in [-0.3, -0.25) is 9.69 Å².